The average Bonchev–Trinajstić information content (AvgIpc) is 2.49. The molecule has 0 aliphatic heterocycles. The van der Waals surface area contributed by atoms with Crippen molar-refractivity contribution in [2.75, 3.05) is 0 Å². The molecule has 0 saturated carbocycles. The molecule has 0 amide bonds. The predicted molar refractivity (Wildman–Crippen MR) is 97.2 cm³/mol. The first-order valence-corrected chi connectivity index (χ1v) is 8.27. The predicted octanol–water partition coefficient (Wildman–Crippen LogP) is 3.82. The van der Waals surface area contributed by atoms with E-state index in [1.165, 1.54) is 10.9 Å². The number of hydrogen-bond acceptors (Lipinski definition) is 4. The lowest BCUT2D eigenvalue weighted by molar-refractivity contribution is 0.473. The van der Waals surface area contributed by atoms with Gasteiger partial charge >= 0.3 is 0 Å². The summed E-state index contributed by atoms with van der Waals surface area (Å²) in [7, 11) is 0. The largest absolute Gasteiger partial charge is 0.507 e. The van der Waals surface area contributed by atoms with Gasteiger partial charge in [-0.05, 0) is 47.1 Å². The monoisotopic (exact) mass is 435 g/mol. The van der Waals surface area contributed by atoms with Gasteiger partial charge in [-0.3, -0.25) is 4.79 Å². The third-order valence-corrected chi connectivity index (χ3v) is 4.40. The van der Waals surface area contributed by atoms with Crippen LogP contribution in [0, 0.1) is 6.92 Å². The first-order chi connectivity index (χ1) is 11.0. The number of fused-ring (bicyclic) bond motifs is 1. The van der Waals surface area contributed by atoms with E-state index in [9.17, 15) is 9.90 Å². The van der Waals surface area contributed by atoms with Crippen LogP contribution in [0.5, 0.6) is 5.75 Å². The van der Waals surface area contributed by atoms with Gasteiger partial charge in [0.15, 0.2) is 0 Å². The molecule has 0 spiro atoms. The summed E-state index contributed by atoms with van der Waals surface area (Å²) >= 11 is 6.66. The van der Waals surface area contributed by atoms with Gasteiger partial charge in [0.2, 0.25) is 0 Å². The second-order valence-electron chi connectivity index (χ2n) is 4.86. The quantitative estimate of drug-likeness (QED) is 0.621. The van der Waals surface area contributed by atoms with Crippen LogP contribution in [0.2, 0.25) is 0 Å². The third kappa shape index (κ3) is 3.07. The van der Waals surface area contributed by atoms with Gasteiger partial charge in [0.25, 0.3) is 5.56 Å². The number of benzene rings is 2. The van der Waals surface area contributed by atoms with Crippen molar-refractivity contribution in [3.63, 3.8) is 0 Å². The van der Waals surface area contributed by atoms with Crippen molar-refractivity contribution in [2.24, 2.45) is 5.10 Å². The van der Waals surface area contributed by atoms with E-state index in [2.05, 4.69) is 41.9 Å². The fourth-order valence-corrected chi connectivity index (χ4v) is 3.49. The van der Waals surface area contributed by atoms with Crippen LogP contribution in [0.3, 0.4) is 0 Å². The summed E-state index contributed by atoms with van der Waals surface area (Å²) in [5, 5.41) is 14.7. The number of phenolic OH excluding ortho intramolecular Hbond substituents is 1. The first-order valence-electron chi connectivity index (χ1n) is 6.68. The number of aromatic nitrogens is 2. The van der Waals surface area contributed by atoms with E-state index < -0.39 is 0 Å². The summed E-state index contributed by atoms with van der Waals surface area (Å²) in [6.07, 6.45) is 1.43. The molecule has 1 aromatic heterocycles. The maximum atomic E-state index is 12.5. The van der Waals surface area contributed by atoms with E-state index in [-0.39, 0.29) is 11.3 Å². The van der Waals surface area contributed by atoms with Crippen LogP contribution in [0.25, 0.3) is 10.9 Å². The lowest BCUT2D eigenvalue weighted by Gasteiger charge is -2.06. The van der Waals surface area contributed by atoms with Gasteiger partial charge in [0.05, 0.1) is 22.7 Å². The number of aromatic hydroxyl groups is 1. The highest BCUT2D eigenvalue weighted by molar-refractivity contribution is 9.11. The molecule has 0 unspecified atom stereocenters. The fourth-order valence-electron chi connectivity index (χ4n) is 2.19. The Hall–Kier alpha value is -1.99. The van der Waals surface area contributed by atoms with Crippen molar-refractivity contribution in [1.82, 2.24) is 9.66 Å². The zero-order valence-electron chi connectivity index (χ0n) is 12.0. The molecule has 0 atom stereocenters. The van der Waals surface area contributed by atoms with E-state index in [4.69, 9.17) is 0 Å². The molecule has 23 heavy (non-hydrogen) atoms. The molecule has 1 heterocycles. The molecule has 1 N–H and O–H groups in total. The molecule has 0 fully saturated rings. The Labute approximate surface area is 148 Å². The van der Waals surface area contributed by atoms with Gasteiger partial charge in [-0.2, -0.15) is 9.78 Å². The van der Waals surface area contributed by atoms with Crippen molar-refractivity contribution in [1.29, 1.82) is 0 Å². The zero-order chi connectivity index (χ0) is 16.6. The standard InChI is InChI=1S/C16H11Br2N3O2/c1-9-20-14-5-3-2-4-11(14)16(23)21(9)19-8-12-13(18)6-10(17)7-15(12)22/h2-8,22H,1H3/b19-8-. The van der Waals surface area contributed by atoms with Crippen molar-refractivity contribution in [3.05, 3.63) is 67.1 Å². The molecule has 0 aliphatic carbocycles. The maximum absolute atomic E-state index is 12.5. The molecule has 3 aromatic rings. The Kier molecular flexibility index (Phi) is 4.32. The van der Waals surface area contributed by atoms with E-state index >= 15 is 0 Å². The molecule has 0 saturated heterocycles. The molecule has 0 bridgehead atoms. The van der Waals surface area contributed by atoms with Crippen LogP contribution >= 0.6 is 31.9 Å². The molecule has 0 radical (unpaired) electrons. The summed E-state index contributed by atoms with van der Waals surface area (Å²) in [4.78, 5) is 16.9. The number of rotatable bonds is 2. The first kappa shape index (κ1) is 15.9. The topological polar surface area (TPSA) is 67.5 Å². The van der Waals surface area contributed by atoms with Crippen LogP contribution in [-0.2, 0) is 0 Å². The highest BCUT2D eigenvalue weighted by atomic mass is 79.9. The summed E-state index contributed by atoms with van der Waals surface area (Å²) in [6.45, 7) is 1.71. The maximum Gasteiger partial charge on any atom is 0.282 e. The smallest absolute Gasteiger partial charge is 0.282 e. The Balaban J connectivity index is 2.14. The zero-order valence-corrected chi connectivity index (χ0v) is 15.2. The summed E-state index contributed by atoms with van der Waals surface area (Å²) in [5.41, 5.74) is 0.860. The van der Waals surface area contributed by atoms with Crippen molar-refractivity contribution in [2.45, 2.75) is 6.92 Å². The van der Waals surface area contributed by atoms with Gasteiger partial charge in [0, 0.05) is 8.95 Å². The van der Waals surface area contributed by atoms with Crippen LogP contribution in [0.1, 0.15) is 11.4 Å². The Morgan fingerprint density at radius 2 is 2.00 bits per heavy atom. The molecule has 5 nitrogen and oxygen atoms in total. The number of aryl methyl sites for hydroxylation is 1. The van der Waals surface area contributed by atoms with Gasteiger partial charge in [-0.1, -0.05) is 28.1 Å². The number of halogens is 2. The van der Waals surface area contributed by atoms with Gasteiger partial charge in [-0.25, -0.2) is 4.98 Å². The molecular formula is C16H11Br2N3O2. The van der Waals surface area contributed by atoms with E-state index in [1.54, 1.807) is 37.3 Å². The minimum Gasteiger partial charge on any atom is -0.507 e. The second kappa shape index (κ2) is 6.25. The minimum absolute atomic E-state index is 0.0504. The molecule has 7 heteroatoms. The number of phenols is 1. The SMILES string of the molecule is Cc1nc2ccccc2c(=O)n1/N=C\c1c(O)cc(Br)cc1Br. The van der Waals surface area contributed by atoms with E-state index in [0.29, 0.717) is 26.8 Å². The number of nitrogens with zero attached hydrogens (tertiary/aromatic N) is 3. The van der Waals surface area contributed by atoms with Crippen molar-refractivity contribution < 1.29 is 5.11 Å². The lowest BCUT2D eigenvalue weighted by Crippen LogP contribution is -2.20. The Bertz CT molecular complexity index is 973. The third-order valence-electron chi connectivity index (χ3n) is 3.29. The minimum atomic E-state index is -0.253. The van der Waals surface area contributed by atoms with Crippen LogP contribution in [0.15, 0.2) is 55.2 Å². The van der Waals surface area contributed by atoms with Crippen LogP contribution < -0.4 is 5.56 Å². The number of para-hydroxylation sites is 1. The van der Waals surface area contributed by atoms with Crippen molar-refractivity contribution >= 4 is 49.0 Å². The van der Waals surface area contributed by atoms with Gasteiger partial charge in [0.1, 0.15) is 11.6 Å². The number of hydrogen-bond donors (Lipinski definition) is 1. The molecule has 116 valence electrons. The summed E-state index contributed by atoms with van der Waals surface area (Å²) in [5.74, 6) is 0.520. The Morgan fingerprint density at radius 3 is 2.74 bits per heavy atom. The van der Waals surface area contributed by atoms with E-state index in [1.807, 2.05) is 6.07 Å². The Morgan fingerprint density at radius 1 is 1.26 bits per heavy atom. The second-order valence-corrected chi connectivity index (χ2v) is 6.63. The van der Waals surface area contributed by atoms with Crippen molar-refractivity contribution in [3.8, 4) is 5.75 Å². The van der Waals surface area contributed by atoms with Gasteiger partial charge < -0.3 is 5.11 Å². The normalized spacial score (nSPS) is 11.4. The lowest BCUT2D eigenvalue weighted by atomic mass is 10.2. The molecule has 2 aromatic carbocycles. The average molecular weight is 437 g/mol. The molecule has 3 rings (SSSR count). The van der Waals surface area contributed by atoms with E-state index in [0.717, 1.165) is 4.47 Å². The molecule has 0 aliphatic rings. The highest BCUT2D eigenvalue weighted by Crippen LogP contribution is 2.29. The molecular weight excluding hydrogens is 426 g/mol. The van der Waals surface area contributed by atoms with Crippen LogP contribution in [-0.4, -0.2) is 21.0 Å². The fraction of sp³-hybridized carbons (Fsp3) is 0.0625. The van der Waals surface area contributed by atoms with Gasteiger partial charge in [-0.15, -0.1) is 0 Å². The highest BCUT2D eigenvalue weighted by Gasteiger charge is 2.08. The van der Waals surface area contributed by atoms with Crippen LogP contribution in [0.4, 0.5) is 0 Å². The summed E-state index contributed by atoms with van der Waals surface area (Å²) in [6, 6.07) is 10.5. The summed E-state index contributed by atoms with van der Waals surface area (Å²) < 4.78 is 2.61.